The molecule has 10 nitrogen and oxygen atoms in total. The Hall–Kier alpha value is -2.79. The van der Waals surface area contributed by atoms with Gasteiger partial charge < -0.3 is 29.8 Å². The van der Waals surface area contributed by atoms with Gasteiger partial charge in [-0.15, -0.1) is 0 Å². The molecule has 3 N–H and O–H groups in total. The van der Waals surface area contributed by atoms with Gasteiger partial charge in [-0.3, -0.25) is 4.57 Å². The van der Waals surface area contributed by atoms with Gasteiger partial charge in [-0.25, -0.2) is 15.0 Å². The number of anilines is 1. The van der Waals surface area contributed by atoms with Crippen LogP contribution in [0.15, 0.2) is 43.0 Å². The summed E-state index contributed by atoms with van der Waals surface area (Å²) >= 11 is 0. The van der Waals surface area contributed by atoms with Crippen LogP contribution in [0.4, 0.5) is 5.82 Å². The second-order valence-electron chi connectivity index (χ2n) is 6.25. The van der Waals surface area contributed by atoms with Crippen LogP contribution in [0.2, 0.25) is 0 Å². The number of ether oxygens (including phenoxy) is 4. The van der Waals surface area contributed by atoms with Crippen LogP contribution in [0.5, 0.6) is 5.75 Å². The number of nitrogens with two attached hydrogens (primary N) is 1. The third kappa shape index (κ3) is 2.70. The monoisotopic (exact) mass is 371 g/mol. The van der Waals surface area contributed by atoms with Crippen LogP contribution in [0.3, 0.4) is 0 Å². The zero-order chi connectivity index (χ0) is 18.4. The van der Waals surface area contributed by atoms with E-state index in [4.69, 9.17) is 24.7 Å². The predicted molar refractivity (Wildman–Crippen MR) is 91.3 cm³/mol. The first kappa shape index (κ1) is 16.4. The van der Waals surface area contributed by atoms with Crippen LogP contribution < -0.4 is 10.5 Å². The molecule has 27 heavy (non-hydrogen) atoms. The molecule has 4 heterocycles. The first-order valence-electron chi connectivity index (χ1n) is 8.46. The van der Waals surface area contributed by atoms with E-state index in [1.54, 1.807) is 23.0 Å². The van der Waals surface area contributed by atoms with Crippen molar-refractivity contribution in [3.63, 3.8) is 0 Å². The van der Waals surface area contributed by atoms with Crippen LogP contribution in [-0.4, -0.2) is 56.0 Å². The number of nitrogens with zero attached hydrogens (tertiary/aromatic N) is 4. The average Bonchev–Trinajstić information content (AvgIpc) is 3.36. The minimum Gasteiger partial charge on any atom is -0.441 e. The van der Waals surface area contributed by atoms with Crippen molar-refractivity contribution in [2.45, 2.75) is 31.0 Å². The summed E-state index contributed by atoms with van der Waals surface area (Å²) in [5, 5.41) is 9.69. The van der Waals surface area contributed by atoms with Gasteiger partial charge in [0, 0.05) is 0 Å². The number of hydrogen-bond acceptors (Lipinski definition) is 9. The standard InChI is InChI=1S/C17H17N5O5/c18-14-11-15(20-7-19-14)22(8-21-11)16-13-12(10(6-23)25-16)26-17(27-13)24-9-4-2-1-3-5-9/h1-5,7-8,10,12-13,16-17,23H,6H2,(H2,18,19,20)/t10-,12-,13-,16-,17?/m1/s1. The van der Waals surface area contributed by atoms with Crippen LogP contribution in [0.25, 0.3) is 11.2 Å². The molecule has 0 spiro atoms. The Morgan fingerprint density at radius 3 is 2.70 bits per heavy atom. The van der Waals surface area contributed by atoms with Crippen molar-refractivity contribution in [1.29, 1.82) is 0 Å². The zero-order valence-corrected chi connectivity index (χ0v) is 14.1. The van der Waals surface area contributed by atoms with E-state index in [1.807, 2.05) is 18.2 Å². The second kappa shape index (κ2) is 6.43. The largest absolute Gasteiger partial charge is 0.441 e. The maximum Gasteiger partial charge on any atom is 0.316 e. The molecule has 0 aliphatic carbocycles. The number of rotatable bonds is 4. The lowest BCUT2D eigenvalue weighted by Gasteiger charge is -2.20. The van der Waals surface area contributed by atoms with Gasteiger partial charge >= 0.3 is 6.48 Å². The number of para-hydroxylation sites is 1. The lowest BCUT2D eigenvalue weighted by molar-refractivity contribution is -0.229. The third-order valence-electron chi connectivity index (χ3n) is 4.64. The molecule has 140 valence electrons. The van der Waals surface area contributed by atoms with Gasteiger partial charge in [0.2, 0.25) is 0 Å². The van der Waals surface area contributed by atoms with E-state index < -0.39 is 31.0 Å². The summed E-state index contributed by atoms with van der Waals surface area (Å²) in [6.45, 7) is -1.12. The highest BCUT2D eigenvalue weighted by atomic mass is 16.9. The van der Waals surface area contributed by atoms with Crippen LogP contribution in [0, 0.1) is 0 Å². The molecule has 10 heteroatoms. The third-order valence-corrected chi connectivity index (χ3v) is 4.64. The van der Waals surface area contributed by atoms with E-state index >= 15 is 0 Å². The van der Waals surface area contributed by atoms with Gasteiger partial charge in [-0.05, 0) is 12.1 Å². The molecule has 2 aliphatic heterocycles. The Labute approximate surface area is 153 Å². The molecule has 0 saturated carbocycles. The van der Waals surface area contributed by atoms with Crippen LogP contribution in [0.1, 0.15) is 6.23 Å². The Morgan fingerprint density at radius 1 is 1.07 bits per heavy atom. The van der Waals surface area contributed by atoms with Gasteiger partial charge in [-0.1, -0.05) is 18.2 Å². The molecule has 2 aliphatic rings. The molecule has 5 rings (SSSR count). The summed E-state index contributed by atoms with van der Waals surface area (Å²) in [5.41, 5.74) is 6.84. The first-order valence-corrected chi connectivity index (χ1v) is 8.46. The second-order valence-corrected chi connectivity index (χ2v) is 6.25. The Kier molecular flexibility index (Phi) is 3.90. The van der Waals surface area contributed by atoms with Crippen molar-refractivity contribution in [1.82, 2.24) is 19.5 Å². The molecule has 2 saturated heterocycles. The molecule has 3 aromatic rings. The van der Waals surface area contributed by atoms with E-state index in [-0.39, 0.29) is 12.4 Å². The first-order chi connectivity index (χ1) is 13.2. The van der Waals surface area contributed by atoms with Crippen molar-refractivity contribution in [3.05, 3.63) is 43.0 Å². The van der Waals surface area contributed by atoms with Gasteiger partial charge in [0.1, 0.15) is 35.9 Å². The molecule has 0 radical (unpaired) electrons. The highest BCUT2D eigenvalue weighted by Crippen LogP contribution is 2.40. The van der Waals surface area contributed by atoms with E-state index in [0.29, 0.717) is 16.9 Å². The Morgan fingerprint density at radius 2 is 1.89 bits per heavy atom. The van der Waals surface area contributed by atoms with Crippen LogP contribution >= 0.6 is 0 Å². The normalized spacial score (nSPS) is 29.9. The van der Waals surface area contributed by atoms with Crippen molar-refractivity contribution in [3.8, 4) is 5.75 Å². The maximum absolute atomic E-state index is 9.69. The summed E-state index contributed by atoms with van der Waals surface area (Å²) in [6, 6.07) is 9.22. The van der Waals surface area contributed by atoms with Crippen molar-refractivity contribution >= 4 is 17.0 Å². The smallest absolute Gasteiger partial charge is 0.316 e. The van der Waals surface area contributed by atoms with Crippen LogP contribution in [-0.2, 0) is 14.2 Å². The van der Waals surface area contributed by atoms with E-state index in [1.165, 1.54) is 6.33 Å². The Balaban J connectivity index is 1.43. The fourth-order valence-corrected chi connectivity index (χ4v) is 3.40. The summed E-state index contributed by atoms with van der Waals surface area (Å²) in [4.78, 5) is 12.4. The number of aromatic nitrogens is 4. The molecule has 2 aromatic heterocycles. The van der Waals surface area contributed by atoms with E-state index in [9.17, 15) is 5.11 Å². The molecule has 1 aromatic carbocycles. The predicted octanol–water partition coefficient (Wildman–Crippen LogP) is 0.445. The lowest BCUT2D eigenvalue weighted by Crippen LogP contribution is -2.31. The molecule has 0 bridgehead atoms. The fourth-order valence-electron chi connectivity index (χ4n) is 3.40. The summed E-state index contributed by atoms with van der Waals surface area (Å²) < 4.78 is 25.1. The minimum atomic E-state index is -0.905. The average molecular weight is 371 g/mol. The molecular weight excluding hydrogens is 354 g/mol. The molecule has 1 unspecified atom stereocenters. The number of aliphatic hydroxyl groups excluding tert-OH is 1. The Bertz CT molecular complexity index is 951. The van der Waals surface area contributed by atoms with E-state index in [2.05, 4.69) is 15.0 Å². The van der Waals surface area contributed by atoms with Gasteiger partial charge in [0.15, 0.2) is 17.7 Å². The van der Waals surface area contributed by atoms with Crippen molar-refractivity contribution in [2.75, 3.05) is 12.3 Å². The summed E-state index contributed by atoms with van der Waals surface area (Å²) in [7, 11) is 0. The quantitative estimate of drug-likeness (QED) is 0.672. The van der Waals surface area contributed by atoms with Gasteiger partial charge in [0.25, 0.3) is 0 Å². The molecule has 0 amide bonds. The maximum atomic E-state index is 9.69. The number of benzene rings is 1. The van der Waals surface area contributed by atoms with Crippen molar-refractivity contribution in [2.24, 2.45) is 0 Å². The zero-order valence-electron chi connectivity index (χ0n) is 14.1. The highest BCUT2D eigenvalue weighted by Gasteiger charge is 2.54. The molecule has 5 atom stereocenters. The topological polar surface area (TPSA) is 127 Å². The highest BCUT2D eigenvalue weighted by molar-refractivity contribution is 5.81. The summed E-state index contributed by atoms with van der Waals surface area (Å²) in [5.74, 6) is 0.898. The fraction of sp³-hybridized carbons (Fsp3) is 0.353. The summed E-state index contributed by atoms with van der Waals surface area (Å²) in [6.07, 6.45) is 0.747. The molecular formula is C17H17N5O5. The number of fused-ring (bicyclic) bond motifs is 2. The minimum absolute atomic E-state index is 0.219. The number of hydrogen-bond donors (Lipinski definition) is 2. The SMILES string of the molecule is Nc1ncnc2c1ncn2[C@@H]1O[C@H](CO)[C@H]2OC(Oc3ccccc3)O[C@H]21. The number of aliphatic hydroxyl groups is 1. The van der Waals surface area contributed by atoms with Crippen molar-refractivity contribution < 1.29 is 24.1 Å². The van der Waals surface area contributed by atoms with Gasteiger partial charge in [-0.2, -0.15) is 0 Å². The number of nitrogen functional groups attached to an aromatic ring is 1. The van der Waals surface area contributed by atoms with E-state index in [0.717, 1.165) is 0 Å². The van der Waals surface area contributed by atoms with Gasteiger partial charge in [0.05, 0.1) is 12.9 Å². The number of imidazole rings is 1. The lowest BCUT2D eigenvalue weighted by atomic mass is 10.1. The molecule has 2 fully saturated rings.